The summed E-state index contributed by atoms with van der Waals surface area (Å²) < 4.78 is 0. The molecule has 0 bridgehead atoms. The van der Waals surface area contributed by atoms with Crippen molar-refractivity contribution in [3.8, 4) is 0 Å². The summed E-state index contributed by atoms with van der Waals surface area (Å²) in [6.45, 7) is 6.21. The van der Waals surface area contributed by atoms with E-state index >= 15 is 0 Å². The van der Waals surface area contributed by atoms with Crippen LogP contribution in [0.5, 0.6) is 0 Å². The maximum Gasteiger partial charge on any atom is 2.00 e. The van der Waals surface area contributed by atoms with Crippen LogP contribution in [0.3, 0.4) is 0 Å². The van der Waals surface area contributed by atoms with E-state index in [2.05, 4.69) is 37.6 Å². The van der Waals surface area contributed by atoms with E-state index in [1.165, 1.54) is 0 Å². The fourth-order valence-corrected chi connectivity index (χ4v) is 0. The fraction of sp³-hybridized carbons (Fsp3) is 0. The first kappa shape index (κ1) is 17.1. The third-order valence-electron chi connectivity index (χ3n) is 0.333. The Labute approximate surface area is 89.4 Å². The van der Waals surface area contributed by atoms with Gasteiger partial charge in [-0.1, -0.05) is 49.7 Å². The summed E-state index contributed by atoms with van der Waals surface area (Å²) in [7, 11) is 0. The Kier molecular flexibility index (Phi) is 19.5. The molecule has 0 heterocycles. The van der Waals surface area contributed by atoms with Crippen LogP contribution in [-0.4, -0.2) is 10.1 Å². The minimum atomic E-state index is -0.398. The molecule has 0 unspecified atom stereocenters. The molecule has 0 aromatic carbocycles. The SMILES string of the molecule is C=CC([O-])=S.C=CC([O-])=S.[Zn+2]. The van der Waals surface area contributed by atoms with Crippen LogP contribution >= 0.6 is 24.4 Å². The average molecular weight is 240 g/mol. The summed E-state index contributed by atoms with van der Waals surface area (Å²) in [4.78, 5) is 0. The van der Waals surface area contributed by atoms with Gasteiger partial charge in [-0.15, -0.1) is 0 Å². The zero-order chi connectivity index (χ0) is 8.57. The van der Waals surface area contributed by atoms with Crippen molar-refractivity contribution in [1.82, 2.24) is 0 Å². The van der Waals surface area contributed by atoms with Crippen LogP contribution in [0.25, 0.3) is 0 Å². The zero-order valence-electron chi connectivity index (χ0n) is 5.91. The number of thiocarbonyl (C=S) groups is 2. The topological polar surface area (TPSA) is 46.1 Å². The standard InChI is InChI=1S/2C3H4OS.Zn/c2*1-2-3(4)5;/h2*2H,1H2,(H,4,5);/q;;+2/p-2. The van der Waals surface area contributed by atoms with Crippen molar-refractivity contribution in [3.63, 3.8) is 0 Å². The molecule has 0 fully saturated rings. The summed E-state index contributed by atoms with van der Waals surface area (Å²) >= 11 is 8.05. The van der Waals surface area contributed by atoms with Crippen LogP contribution in [0.4, 0.5) is 0 Å². The summed E-state index contributed by atoms with van der Waals surface area (Å²) in [5, 5.41) is 18.2. The molecule has 0 saturated carbocycles. The second-order valence-corrected chi connectivity index (χ2v) is 1.85. The average Bonchev–Trinajstić information content (AvgIpc) is 1.89. The van der Waals surface area contributed by atoms with Crippen molar-refractivity contribution >= 4 is 34.5 Å². The Balaban J connectivity index is -0.000000107. The molecule has 0 saturated heterocycles. The van der Waals surface area contributed by atoms with Crippen LogP contribution in [0.2, 0.25) is 0 Å². The molecule has 0 aliphatic carbocycles. The number of rotatable bonds is 2. The third-order valence-corrected chi connectivity index (χ3v) is 0.667. The van der Waals surface area contributed by atoms with Gasteiger partial charge in [0.25, 0.3) is 0 Å². The van der Waals surface area contributed by atoms with Crippen LogP contribution < -0.4 is 10.2 Å². The summed E-state index contributed by atoms with van der Waals surface area (Å²) in [6, 6.07) is 0. The van der Waals surface area contributed by atoms with Gasteiger partial charge in [-0.2, -0.15) is 0 Å². The number of hydrogen-bond acceptors (Lipinski definition) is 4. The Morgan fingerprint density at radius 3 is 1.09 bits per heavy atom. The van der Waals surface area contributed by atoms with Gasteiger partial charge in [0.2, 0.25) is 0 Å². The maximum atomic E-state index is 9.51. The quantitative estimate of drug-likeness (QED) is 0.378. The maximum absolute atomic E-state index is 9.51. The molecule has 0 spiro atoms. The van der Waals surface area contributed by atoms with Gasteiger partial charge in [-0.25, -0.2) is 0 Å². The first-order chi connectivity index (χ1) is 4.54. The molecule has 2 nitrogen and oxygen atoms in total. The van der Waals surface area contributed by atoms with Crippen LogP contribution in [0.15, 0.2) is 25.3 Å². The summed E-state index contributed by atoms with van der Waals surface area (Å²) in [5.74, 6) is 0. The fourth-order valence-electron chi connectivity index (χ4n) is 0. The van der Waals surface area contributed by atoms with Gasteiger partial charge in [-0.05, 0) is 10.1 Å². The molecule has 0 atom stereocenters. The molecule has 11 heavy (non-hydrogen) atoms. The minimum Gasteiger partial charge on any atom is -0.864 e. The van der Waals surface area contributed by atoms with Crippen LogP contribution in [-0.2, 0) is 19.5 Å². The predicted molar refractivity (Wildman–Crippen MR) is 45.6 cm³/mol. The molecule has 5 heteroatoms. The Hall–Kier alpha value is -0.117. The molecule has 0 rings (SSSR count). The molecule has 56 valence electrons. The van der Waals surface area contributed by atoms with Crippen LogP contribution in [0, 0.1) is 0 Å². The van der Waals surface area contributed by atoms with Gasteiger partial charge in [0.15, 0.2) is 0 Å². The summed E-state index contributed by atoms with van der Waals surface area (Å²) in [5.41, 5.74) is 0. The van der Waals surface area contributed by atoms with E-state index in [4.69, 9.17) is 0 Å². The molecule has 0 aliphatic heterocycles. The van der Waals surface area contributed by atoms with Crippen LogP contribution in [0.1, 0.15) is 0 Å². The van der Waals surface area contributed by atoms with E-state index in [1.54, 1.807) is 0 Å². The van der Waals surface area contributed by atoms with E-state index < -0.39 is 10.1 Å². The molecule has 0 amide bonds. The Bertz CT molecular complexity index is 139. The zero-order valence-corrected chi connectivity index (χ0v) is 10.5. The Morgan fingerprint density at radius 2 is 1.09 bits per heavy atom. The molecule has 0 aromatic rings. The minimum absolute atomic E-state index is 0. The van der Waals surface area contributed by atoms with E-state index in [1.807, 2.05) is 0 Å². The molecule has 0 radical (unpaired) electrons. The Morgan fingerprint density at radius 1 is 1.00 bits per heavy atom. The smallest absolute Gasteiger partial charge is 0.864 e. The van der Waals surface area contributed by atoms with Crippen molar-refractivity contribution in [2.24, 2.45) is 0 Å². The third kappa shape index (κ3) is 40.7. The van der Waals surface area contributed by atoms with Crippen molar-refractivity contribution in [2.75, 3.05) is 0 Å². The monoisotopic (exact) mass is 238 g/mol. The van der Waals surface area contributed by atoms with Gasteiger partial charge in [0, 0.05) is 0 Å². The van der Waals surface area contributed by atoms with E-state index in [-0.39, 0.29) is 19.5 Å². The second-order valence-electron chi connectivity index (χ2n) is 1.05. The van der Waals surface area contributed by atoms with E-state index in [9.17, 15) is 10.2 Å². The van der Waals surface area contributed by atoms with Gasteiger partial charge in [0.05, 0.1) is 0 Å². The molecular formula is C6H6O2S2Zn. The van der Waals surface area contributed by atoms with Crippen molar-refractivity contribution in [1.29, 1.82) is 0 Å². The molecular weight excluding hydrogens is 234 g/mol. The van der Waals surface area contributed by atoms with E-state index in [0.717, 1.165) is 12.2 Å². The van der Waals surface area contributed by atoms with Gasteiger partial charge in [-0.3, -0.25) is 0 Å². The van der Waals surface area contributed by atoms with Gasteiger partial charge >= 0.3 is 19.5 Å². The first-order valence-electron chi connectivity index (χ1n) is 2.21. The van der Waals surface area contributed by atoms with Crippen molar-refractivity contribution in [3.05, 3.63) is 25.3 Å². The molecule has 0 aliphatic rings. The summed E-state index contributed by atoms with van der Waals surface area (Å²) in [6.07, 6.45) is 2.19. The molecule has 0 aromatic heterocycles. The first-order valence-corrected chi connectivity index (χ1v) is 3.03. The van der Waals surface area contributed by atoms with E-state index in [0.29, 0.717) is 0 Å². The normalized spacial score (nSPS) is 5.82. The second kappa shape index (κ2) is 12.5. The molecule has 0 N–H and O–H groups in total. The van der Waals surface area contributed by atoms with Gasteiger partial charge in [0.1, 0.15) is 0 Å². The van der Waals surface area contributed by atoms with Crippen molar-refractivity contribution < 1.29 is 29.7 Å². The predicted octanol–water partition coefficient (Wildman–Crippen LogP) is -0.282. The van der Waals surface area contributed by atoms with Crippen molar-refractivity contribution in [2.45, 2.75) is 0 Å². The largest absolute Gasteiger partial charge is 2.00 e. The van der Waals surface area contributed by atoms with Gasteiger partial charge < -0.3 is 10.2 Å². The number of hydrogen-bond donors (Lipinski definition) is 0.